The lowest BCUT2D eigenvalue weighted by molar-refractivity contribution is 0.0506. The van der Waals surface area contributed by atoms with Crippen LogP contribution in [0.4, 0.5) is 4.39 Å². The van der Waals surface area contributed by atoms with Crippen LogP contribution in [-0.2, 0) is 10.0 Å². The average molecular weight is 304 g/mol. The van der Waals surface area contributed by atoms with Crippen molar-refractivity contribution in [2.24, 2.45) is 5.92 Å². The van der Waals surface area contributed by atoms with Crippen LogP contribution in [0.2, 0.25) is 0 Å². The summed E-state index contributed by atoms with van der Waals surface area (Å²) >= 11 is 0. The molecule has 2 N–H and O–H groups in total. The second-order valence-electron chi connectivity index (χ2n) is 5.59. The molecule has 0 aromatic carbocycles. The monoisotopic (exact) mass is 304 g/mol. The molecule has 0 fully saturated rings. The van der Waals surface area contributed by atoms with E-state index in [1.54, 1.807) is 6.92 Å². The first kappa shape index (κ1) is 17.0. The van der Waals surface area contributed by atoms with Gasteiger partial charge in [0, 0.05) is 12.7 Å². The summed E-state index contributed by atoms with van der Waals surface area (Å²) in [5.74, 6) is -0.301. The number of rotatable bonds is 7. The van der Waals surface area contributed by atoms with E-state index in [0.29, 0.717) is 12.3 Å². The molecular weight excluding hydrogens is 283 g/mol. The summed E-state index contributed by atoms with van der Waals surface area (Å²) in [5, 5.41) is 10.1. The molecule has 114 valence electrons. The summed E-state index contributed by atoms with van der Waals surface area (Å²) in [6.45, 7) is 5.50. The maximum absolute atomic E-state index is 13.0. The van der Waals surface area contributed by atoms with Crippen molar-refractivity contribution in [2.75, 3.05) is 6.54 Å². The first-order valence-corrected chi connectivity index (χ1v) is 7.93. The van der Waals surface area contributed by atoms with Crippen LogP contribution < -0.4 is 4.72 Å². The van der Waals surface area contributed by atoms with Crippen LogP contribution in [0.15, 0.2) is 23.4 Å². The van der Waals surface area contributed by atoms with Crippen LogP contribution in [0.5, 0.6) is 0 Å². The molecule has 0 aliphatic carbocycles. The van der Waals surface area contributed by atoms with Crippen LogP contribution in [-0.4, -0.2) is 30.7 Å². The first-order chi connectivity index (χ1) is 9.12. The van der Waals surface area contributed by atoms with Crippen LogP contribution >= 0.6 is 0 Å². The molecule has 0 bridgehead atoms. The Morgan fingerprint density at radius 1 is 1.45 bits per heavy atom. The zero-order valence-electron chi connectivity index (χ0n) is 11.9. The molecular formula is C13H21FN2O3S. The molecule has 0 amide bonds. The minimum absolute atomic E-state index is 0.126. The topological polar surface area (TPSA) is 79.3 Å². The number of sulfonamides is 1. The molecule has 0 spiro atoms. The van der Waals surface area contributed by atoms with Crippen LogP contribution in [0, 0.1) is 11.7 Å². The SMILES string of the molecule is CC(C)CCC(C)(O)CNS(=O)(=O)c1cncc(F)c1. The van der Waals surface area contributed by atoms with Gasteiger partial charge >= 0.3 is 0 Å². The van der Waals surface area contributed by atoms with E-state index >= 15 is 0 Å². The highest BCUT2D eigenvalue weighted by atomic mass is 32.2. The van der Waals surface area contributed by atoms with Gasteiger partial charge in [-0.05, 0) is 31.7 Å². The Balaban J connectivity index is 2.68. The fraction of sp³-hybridized carbons (Fsp3) is 0.615. The summed E-state index contributed by atoms with van der Waals surface area (Å²) in [6.07, 6.45) is 3.26. The standard InChI is InChI=1S/C13H21FN2O3S/c1-10(2)4-5-13(3,17)9-16-20(18,19)12-6-11(14)7-15-8-12/h6-8,10,16-17H,4-5,9H2,1-3H3. The van der Waals surface area contributed by atoms with Crippen molar-refractivity contribution in [3.05, 3.63) is 24.3 Å². The number of nitrogens with one attached hydrogen (secondary N) is 1. The number of pyridine rings is 1. The molecule has 20 heavy (non-hydrogen) atoms. The normalized spacial score (nSPS) is 15.3. The fourth-order valence-electron chi connectivity index (χ4n) is 1.56. The first-order valence-electron chi connectivity index (χ1n) is 6.45. The van der Waals surface area contributed by atoms with Crippen molar-refractivity contribution in [3.8, 4) is 0 Å². The van der Waals surface area contributed by atoms with E-state index in [-0.39, 0.29) is 11.4 Å². The van der Waals surface area contributed by atoms with Gasteiger partial charge in [-0.1, -0.05) is 13.8 Å². The molecule has 1 atom stereocenters. The van der Waals surface area contributed by atoms with Gasteiger partial charge in [-0.3, -0.25) is 4.98 Å². The van der Waals surface area contributed by atoms with Gasteiger partial charge in [0.15, 0.2) is 0 Å². The van der Waals surface area contributed by atoms with Gasteiger partial charge in [-0.25, -0.2) is 17.5 Å². The third-order valence-corrected chi connectivity index (χ3v) is 4.26. The summed E-state index contributed by atoms with van der Waals surface area (Å²) < 4.78 is 39.1. The fourth-order valence-corrected chi connectivity index (χ4v) is 2.70. The zero-order chi connectivity index (χ0) is 15.4. The Morgan fingerprint density at radius 3 is 2.65 bits per heavy atom. The molecule has 0 radical (unpaired) electrons. The highest BCUT2D eigenvalue weighted by Crippen LogP contribution is 2.17. The van der Waals surface area contributed by atoms with Crippen LogP contribution in [0.3, 0.4) is 0 Å². The number of halogens is 1. The third kappa shape index (κ3) is 5.52. The molecule has 0 saturated carbocycles. The molecule has 1 aromatic heterocycles. The Morgan fingerprint density at radius 2 is 2.10 bits per heavy atom. The molecule has 0 saturated heterocycles. The van der Waals surface area contributed by atoms with E-state index in [1.165, 1.54) is 0 Å². The molecule has 5 nitrogen and oxygen atoms in total. The number of hydrogen-bond acceptors (Lipinski definition) is 4. The van der Waals surface area contributed by atoms with E-state index in [2.05, 4.69) is 9.71 Å². The minimum Gasteiger partial charge on any atom is -0.389 e. The zero-order valence-corrected chi connectivity index (χ0v) is 12.7. The molecule has 0 aliphatic rings. The van der Waals surface area contributed by atoms with Gasteiger partial charge in [0.25, 0.3) is 0 Å². The molecule has 1 heterocycles. The third-order valence-electron chi connectivity index (χ3n) is 2.89. The lowest BCUT2D eigenvalue weighted by Gasteiger charge is -2.24. The predicted molar refractivity (Wildman–Crippen MR) is 74.1 cm³/mol. The highest BCUT2D eigenvalue weighted by molar-refractivity contribution is 7.89. The van der Waals surface area contributed by atoms with Crippen molar-refractivity contribution in [1.29, 1.82) is 0 Å². The number of aliphatic hydroxyl groups is 1. The molecule has 7 heteroatoms. The van der Waals surface area contributed by atoms with E-state index in [9.17, 15) is 17.9 Å². The smallest absolute Gasteiger partial charge is 0.242 e. The largest absolute Gasteiger partial charge is 0.389 e. The van der Waals surface area contributed by atoms with E-state index in [4.69, 9.17) is 0 Å². The molecule has 0 aliphatic heterocycles. The van der Waals surface area contributed by atoms with Gasteiger partial charge in [0.05, 0.1) is 11.8 Å². The van der Waals surface area contributed by atoms with Crippen molar-refractivity contribution >= 4 is 10.0 Å². The predicted octanol–water partition coefficient (Wildman–Crippen LogP) is 1.69. The highest BCUT2D eigenvalue weighted by Gasteiger charge is 2.24. The molecule has 1 unspecified atom stereocenters. The average Bonchev–Trinajstić information content (AvgIpc) is 2.35. The summed E-state index contributed by atoms with van der Waals surface area (Å²) in [4.78, 5) is 3.25. The Kier molecular flexibility index (Phi) is 5.61. The maximum atomic E-state index is 13.0. The van der Waals surface area contributed by atoms with Gasteiger partial charge < -0.3 is 5.11 Å². The van der Waals surface area contributed by atoms with Gasteiger partial charge in [-0.15, -0.1) is 0 Å². The summed E-state index contributed by atoms with van der Waals surface area (Å²) in [7, 11) is -3.87. The Labute approximate surface area is 119 Å². The maximum Gasteiger partial charge on any atom is 0.242 e. The minimum atomic E-state index is -3.87. The van der Waals surface area contributed by atoms with Crippen LogP contribution in [0.25, 0.3) is 0 Å². The summed E-state index contributed by atoms with van der Waals surface area (Å²) in [5.41, 5.74) is -1.14. The quantitative estimate of drug-likeness (QED) is 0.803. The number of aromatic nitrogens is 1. The second kappa shape index (κ2) is 6.60. The van der Waals surface area contributed by atoms with E-state index in [0.717, 1.165) is 24.9 Å². The van der Waals surface area contributed by atoms with Crippen molar-refractivity contribution in [1.82, 2.24) is 9.71 Å². The van der Waals surface area contributed by atoms with Crippen LogP contribution in [0.1, 0.15) is 33.6 Å². The number of nitrogens with zero attached hydrogens (tertiary/aromatic N) is 1. The van der Waals surface area contributed by atoms with Crippen molar-refractivity contribution < 1.29 is 17.9 Å². The van der Waals surface area contributed by atoms with E-state index in [1.807, 2.05) is 13.8 Å². The van der Waals surface area contributed by atoms with Gasteiger partial charge in [0.1, 0.15) is 10.7 Å². The molecule has 1 aromatic rings. The lowest BCUT2D eigenvalue weighted by atomic mass is 9.96. The van der Waals surface area contributed by atoms with Crippen molar-refractivity contribution in [3.63, 3.8) is 0 Å². The lowest BCUT2D eigenvalue weighted by Crippen LogP contribution is -2.40. The van der Waals surface area contributed by atoms with Gasteiger partial charge in [0.2, 0.25) is 10.0 Å². The number of hydrogen-bond donors (Lipinski definition) is 2. The van der Waals surface area contributed by atoms with E-state index < -0.39 is 21.4 Å². The molecule has 1 rings (SSSR count). The Hall–Kier alpha value is -1.05. The second-order valence-corrected chi connectivity index (χ2v) is 7.36. The van der Waals surface area contributed by atoms with Gasteiger partial charge in [-0.2, -0.15) is 0 Å². The Bertz CT molecular complexity index is 544. The van der Waals surface area contributed by atoms with Crippen molar-refractivity contribution in [2.45, 2.75) is 44.1 Å². The summed E-state index contributed by atoms with van der Waals surface area (Å²) in [6, 6.07) is 0.887.